The van der Waals surface area contributed by atoms with Crippen LogP contribution in [0.25, 0.3) is 0 Å². The number of piperidine rings is 1. The van der Waals surface area contributed by atoms with E-state index in [1.54, 1.807) is 11.0 Å². The summed E-state index contributed by atoms with van der Waals surface area (Å²) in [4.78, 5) is 32.1. The average Bonchev–Trinajstić information content (AvgIpc) is 3.37. The van der Waals surface area contributed by atoms with E-state index in [2.05, 4.69) is 15.4 Å². The molecule has 5 rings (SSSR count). The van der Waals surface area contributed by atoms with Crippen molar-refractivity contribution in [3.8, 4) is 11.5 Å². The summed E-state index contributed by atoms with van der Waals surface area (Å²) in [6.45, 7) is 2.22. The van der Waals surface area contributed by atoms with Crippen molar-refractivity contribution in [3.63, 3.8) is 0 Å². The van der Waals surface area contributed by atoms with Crippen molar-refractivity contribution in [2.24, 2.45) is 5.41 Å². The van der Waals surface area contributed by atoms with Crippen LogP contribution in [0.15, 0.2) is 61.2 Å². The van der Waals surface area contributed by atoms with Crippen LogP contribution in [0, 0.1) is 5.41 Å². The maximum Gasteiger partial charge on any atom is 0.226 e. The SMILES string of the molecule is O=C(CCn1cncn1)N1CCC2(CC1)Cc1cccc(c1)Oc1cccc(c1)CCNC2=O. The lowest BCUT2D eigenvalue weighted by Gasteiger charge is -2.41. The number of benzene rings is 2. The molecule has 2 amide bonds. The summed E-state index contributed by atoms with van der Waals surface area (Å²) in [7, 11) is 0. The second-order valence-corrected chi connectivity index (χ2v) is 9.15. The summed E-state index contributed by atoms with van der Waals surface area (Å²) in [5.74, 6) is 1.73. The molecule has 1 N–H and O–H groups in total. The Bertz CT molecular complexity index is 1150. The van der Waals surface area contributed by atoms with E-state index in [9.17, 15) is 9.59 Å². The van der Waals surface area contributed by atoms with E-state index in [0.29, 0.717) is 51.9 Å². The Labute approximate surface area is 198 Å². The van der Waals surface area contributed by atoms with Crippen LogP contribution in [0.5, 0.6) is 11.5 Å². The fourth-order valence-electron chi connectivity index (χ4n) is 4.90. The highest BCUT2D eigenvalue weighted by atomic mass is 16.5. The monoisotopic (exact) mass is 459 g/mol. The van der Waals surface area contributed by atoms with E-state index in [-0.39, 0.29) is 11.8 Å². The largest absolute Gasteiger partial charge is 0.457 e. The Morgan fingerprint density at radius 1 is 1.06 bits per heavy atom. The number of nitrogens with zero attached hydrogens (tertiary/aromatic N) is 4. The van der Waals surface area contributed by atoms with Crippen LogP contribution in [-0.2, 0) is 29.0 Å². The molecule has 8 heteroatoms. The first-order valence-electron chi connectivity index (χ1n) is 11.8. The van der Waals surface area contributed by atoms with Crippen LogP contribution < -0.4 is 10.1 Å². The normalized spacial score (nSPS) is 17.6. The number of nitrogens with one attached hydrogen (secondary N) is 1. The van der Waals surface area contributed by atoms with Crippen molar-refractivity contribution >= 4 is 11.8 Å². The van der Waals surface area contributed by atoms with Gasteiger partial charge in [0.1, 0.15) is 24.2 Å². The number of aryl methyl sites for hydroxylation is 1. The number of amides is 2. The number of rotatable bonds is 3. The second kappa shape index (κ2) is 9.67. The number of carbonyl (C=O) groups excluding carboxylic acids is 2. The smallest absolute Gasteiger partial charge is 0.226 e. The van der Waals surface area contributed by atoms with Crippen molar-refractivity contribution in [1.29, 1.82) is 0 Å². The van der Waals surface area contributed by atoms with Crippen LogP contribution in [-0.4, -0.2) is 51.1 Å². The topological polar surface area (TPSA) is 89.3 Å². The van der Waals surface area contributed by atoms with Crippen molar-refractivity contribution in [2.45, 2.75) is 38.6 Å². The lowest BCUT2D eigenvalue weighted by Crippen LogP contribution is -2.51. The van der Waals surface area contributed by atoms with E-state index in [4.69, 9.17) is 4.74 Å². The molecule has 3 heterocycles. The summed E-state index contributed by atoms with van der Waals surface area (Å²) in [5.41, 5.74) is 1.64. The van der Waals surface area contributed by atoms with E-state index in [1.165, 1.54) is 6.33 Å². The highest BCUT2D eigenvalue weighted by molar-refractivity contribution is 5.84. The molecule has 176 valence electrons. The number of aromatic nitrogens is 3. The first kappa shape index (κ1) is 22.1. The maximum absolute atomic E-state index is 13.5. The van der Waals surface area contributed by atoms with Gasteiger partial charge in [0.05, 0.1) is 12.0 Å². The molecule has 8 nitrogen and oxygen atoms in total. The Morgan fingerprint density at radius 2 is 1.79 bits per heavy atom. The summed E-state index contributed by atoms with van der Waals surface area (Å²) in [5, 5.41) is 7.25. The molecule has 2 aromatic carbocycles. The molecule has 3 aromatic rings. The number of carbonyl (C=O) groups is 2. The van der Waals surface area contributed by atoms with Gasteiger partial charge < -0.3 is 15.0 Å². The average molecular weight is 460 g/mol. The standard InChI is InChI=1S/C26H29N5O3/c32-24(8-12-31-19-27-18-29-31)30-13-9-26(10-14-30)17-21-4-2-6-23(16-21)34-22-5-1-3-20(15-22)7-11-28-25(26)33/h1-6,15-16,18-19H,7-14,17H2,(H,28,33). The van der Waals surface area contributed by atoms with Crippen LogP contribution in [0.4, 0.5) is 0 Å². The minimum atomic E-state index is -0.548. The quantitative estimate of drug-likeness (QED) is 0.651. The van der Waals surface area contributed by atoms with Gasteiger partial charge in [-0.1, -0.05) is 24.3 Å². The minimum Gasteiger partial charge on any atom is -0.457 e. The summed E-state index contributed by atoms with van der Waals surface area (Å²) in [6, 6.07) is 16.0. The predicted molar refractivity (Wildman–Crippen MR) is 126 cm³/mol. The number of fused-ring (bicyclic) bond motifs is 4. The minimum absolute atomic E-state index is 0.0731. The van der Waals surface area contributed by atoms with Gasteiger partial charge in [0.2, 0.25) is 11.8 Å². The predicted octanol–water partition coefficient (Wildman–Crippen LogP) is 2.98. The Hall–Kier alpha value is -3.68. The third-order valence-corrected chi connectivity index (χ3v) is 6.85. The molecule has 4 bridgehead atoms. The van der Waals surface area contributed by atoms with Gasteiger partial charge in [-0.2, -0.15) is 5.10 Å². The number of likely N-dealkylation sites (tertiary alicyclic amines) is 1. The summed E-state index contributed by atoms with van der Waals surface area (Å²) < 4.78 is 7.78. The molecular formula is C26H29N5O3. The first-order chi connectivity index (χ1) is 16.6. The summed E-state index contributed by atoms with van der Waals surface area (Å²) in [6.07, 6.45) is 6.08. The van der Waals surface area contributed by atoms with Gasteiger partial charge in [-0.25, -0.2) is 4.98 Å². The molecule has 0 unspecified atom stereocenters. The molecular weight excluding hydrogens is 430 g/mol. The van der Waals surface area contributed by atoms with Crippen molar-refractivity contribution in [1.82, 2.24) is 25.0 Å². The lowest BCUT2D eigenvalue weighted by atomic mass is 9.72. The highest BCUT2D eigenvalue weighted by Crippen LogP contribution is 2.37. The third-order valence-electron chi connectivity index (χ3n) is 6.85. The van der Waals surface area contributed by atoms with Gasteiger partial charge in [-0.15, -0.1) is 0 Å². The fourth-order valence-corrected chi connectivity index (χ4v) is 4.90. The molecule has 1 saturated heterocycles. The fraction of sp³-hybridized carbons (Fsp3) is 0.385. The van der Waals surface area contributed by atoms with Gasteiger partial charge in [-0.3, -0.25) is 14.3 Å². The highest BCUT2D eigenvalue weighted by Gasteiger charge is 2.42. The van der Waals surface area contributed by atoms with Crippen LogP contribution in [0.2, 0.25) is 0 Å². The molecule has 1 spiro atoms. The Kier molecular flexibility index (Phi) is 6.29. The zero-order valence-electron chi connectivity index (χ0n) is 19.2. The molecule has 0 aliphatic carbocycles. The van der Waals surface area contributed by atoms with Crippen LogP contribution >= 0.6 is 0 Å². The third kappa shape index (κ3) is 4.95. The molecule has 1 fully saturated rings. The number of hydrogen-bond acceptors (Lipinski definition) is 5. The first-order valence-corrected chi connectivity index (χ1v) is 11.8. The molecule has 2 aliphatic heterocycles. The lowest BCUT2D eigenvalue weighted by molar-refractivity contribution is -0.140. The van der Waals surface area contributed by atoms with Crippen molar-refractivity contribution < 1.29 is 14.3 Å². The van der Waals surface area contributed by atoms with Gasteiger partial charge in [0, 0.05) is 26.1 Å². The number of hydrogen-bond donors (Lipinski definition) is 1. The van der Waals surface area contributed by atoms with E-state index >= 15 is 0 Å². The van der Waals surface area contributed by atoms with Crippen molar-refractivity contribution in [2.75, 3.05) is 19.6 Å². The van der Waals surface area contributed by atoms with Gasteiger partial charge in [-0.05, 0) is 61.1 Å². The Balaban J connectivity index is 1.32. The molecule has 2 aliphatic rings. The van der Waals surface area contributed by atoms with E-state index in [0.717, 1.165) is 29.0 Å². The molecule has 1 aromatic heterocycles. The van der Waals surface area contributed by atoms with E-state index < -0.39 is 5.41 Å². The molecule has 34 heavy (non-hydrogen) atoms. The molecule has 0 saturated carbocycles. The molecule has 0 atom stereocenters. The van der Waals surface area contributed by atoms with Gasteiger partial charge >= 0.3 is 0 Å². The van der Waals surface area contributed by atoms with Gasteiger partial charge in [0.25, 0.3) is 0 Å². The zero-order chi connectivity index (χ0) is 23.4. The van der Waals surface area contributed by atoms with Crippen LogP contribution in [0.3, 0.4) is 0 Å². The van der Waals surface area contributed by atoms with Crippen molar-refractivity contribution in [3.05, 3.63) is 72.3 Å². The zero-order valence-corrected chi connectivity index (χ0v) is 19.2. The van der Waals surface area contributed by atoms with Crippen LogP contribution in [0.1, 0.15) is 30.4 Å². The Morgan fingerprint density at radius 3 is 2.53 bits per heavy atom. The molecule has 0 radical (unpaired) electrons. The maximum atomic E-state index is 13.5. The number of ether oxygens (including phenoxy) is 1. The van der Waals surface area contributed by atoms with E-state index in [1.807, 2.05) is 53.4 Å². The van der Waals surface area contributed by atoms with Gasteiger partial charge in [0.15, 0.2) is 0 Å². The second-order valence-electron chi connectivity index (χ2n) is 9.15. The summed E-state index contributed by atoms with van der Waals surface area (Å²) >= 11 is 0.